The Morgan fingerprint density at radius 1 is 1.29 bits per heavy atom. The van der Waals surface area contributed by atoms with Gasteiger partial charge in [0.25, 0.3) is 0 Å². The molecule has 2 aliphatic heterocycles. The second-order valence-electron chi connectivity index (χ2n) is 3.97. The standard InChI is InChI=1S/C9H14N2O2.BrH/c1-11-7(12)6-9(8(11)13)2-4-10-5-3-9;/h10H,2-6H2,1H3;1H. The van der Waals surface area contributed by atoms with Crippen LogP contribution in [0, 0.1) is 5.41 Å². The molecule has 0 atom stereocenters. The van der Waals surface area contributed by atoms with Gasteiger partial charge in [-0.05, 0) is 25.9 Å². The SMILES string of the molecule is Br.CN1C(=O)CC2(CCNCC2)C1=O. The minimum Gasteiger partial charge on any atom is -0.317 e. The second-order valence-corrected chi connectivity index (χ2v) is 3.97. The molecule has 0 radical (unpaired) electrons. The van der Waals surface area contributed by atoms with E-state index in [1.807, 2.05) is 0 Å². The van der Waals surface area contributed by atoms with Crippen LogP contribution < -0.4 is 5.32 Å². The van der Waals surface area contributed by atoms with Crippen LogP contribution in [0.15, 0.2) is 0 Å². The summed E-state index contributed by atoms with van der Waals surface area (Å²) in [5.41, 5.74) is -0.350. The fraction of sp³-hybridized carbons (Fsp3) is 0.778. The molecule has 14 heavy (non-hydrogen) atoms. The molecule has 4 nitrogen and oxygen atoms in total. The summed E-state index contributed by atoms with van der Waals surface area (Å²) in [5, 5.41) is 3.20. The summed E-state index contributed by atoms with van der Waals surface area (Å²) in [6.07, 6.45) is 2.04. The van der Waals surface area contributed by atoms with Crippen LogP contribution in [0.25, 0.3) is 0 Å². The third kappa shape index (κ3) is 1.59. The van der Waals surface area contributed by atoms with Crippen molar-refractivity contribution in [1.29, 1.82) is 0 Å². The van der Waals surface area contributed by atoms with Gasteiger partial charge in [-0.3, -0.25) is 14.5 Å². The van der Waals surface area contributed by atoms with Gasteiger partial charge in [0, 0.05) is 13.5 Å². The molecular formula is C9H15BrN2O2. The van der Waals surface area contributed by atoms with Gasteiger partial charge in [-0.1, -0.05) is 0 Å². The predicted octanol–water partition coefficient (Wildman–Crippen LogP) is 0.323. The molecule has 1 N–H and O–H groups in total. The molecule has 0 aliphatic carbocycles. The van der Waals surface area contributed by atoms with Gasteiger partial charge in [-0.2, -0.15) is 0 Å². The average molecular weight is 263 g/mol. The van der Waals surface area contributed by atoms with Gasteiger partial charge in [0.1, 0.15) is 0 Å². The van der Waals surface area contributed by atoms with Crippen molar-refractivity contribution < 1.29 is 9.59 Å². The van der Waals surface area contributed by atoms with Crippen molar-refractivity contribution in [1.82, 2.24) is 10.2 Å². The van der Waals surface area contributed by atoms with Crippen LogP contribution in [0.1, 0.15) is 19.3 Å². The maximum atomic E-state index is 11.8. The highest BCUT2D eigenvalue weighted by Gasteiger charge is 2.49. The maximum Gasteiger partial charge on any atom is 0.235 e. The zero-order valence-corrected chi connectivity index (χ0v) is 9.92. The first-order valence-electron chi connectivity index (χ1n) is 4.67. The predicted molar refractivity (Wildman–Crippen MR) is 57.3 cm³/mol. The molecule has 2 saturated heterocycles. The van der Waals surface area contributed by atoms with Gasteiger partial charge in [0.2, 0.25) is 11.8 Å². The number of halogens is 1. The Labute approximate surface area is 93.8 Å². The van der Waals surface area contributed by atoms with Gasteiger partial charge >= 0.3 is 0 Å². The maximum absolute atomic E-state index is 11.8. The molecule has 0 unspecified atom stereocenters. The monoisotopic (exact) mass is 262 g/mol. The lowest BCUT2D eigenvalue weighted by molar-refractivity contribution is -0.140. The van der Waals surface area contributed by atoms with E-state index in [1.54, 1.807) is 7.05 Å². The van der Waals surface area contributed by atoms with E-state index in [2.05, 4.69) is 5.32 Å². The summed E-state index contributed by atoms with van der Waals surface area (Å²) in [6, 6.07) is 0. The lowest BCUT2D eigenvalue weighted by Crippen LogP contribution is -2.41. The number of nitrogens with zero attached hydrogens (tertiary/aromatic N) is 1. The summed E-state index contributed by atoms with van der Waals surface area (Å²) >= 11 is 0. The molecule has 80 valence electrons. The van der Waals surface area contributed by atoms with Crippen molar-refractivity contribution in [2.45, 2.75) is 19.3 Å². The van der Waals surface area contributed by atoms with E-state index in [4.69, 9.17) is 0 Å². The smallest absolute Gasteiger partial charge is 0.235 e. The highest BCUT2D eigenvalue weighted by atomic mass is 79.9. The summed E-state index contributed by atoms with van der Waals surface area (Å²) in [4.78, 5) is 24.4. The number of carbonyl (C=O) groups is 2. The number of hydrogen-bond acceptors (Lipinski definition) is 3. The van der Waals surface area contributed by atoms with Crippen LogP contribution in [0.3, 0.4) is 0 Å². The van der Waals surface area contributed by atoms with E-state index in [9.17, 15) is 9.59 Å². The van der Waals surface area contributed by atoms with Crippen molar-refractivity contribution in [2.24, 2.45) is 5.41 Å². The number of hydrogen-bond donors (Lipinski definition) is 1. The number of likely N-dealkylation sites (tertiary alicyclic amines) is 1. The van der Waals surface area contributed by atoms with Crippen LogP contribution in [-0.2, 0) is 9.59 Å². The third-order valence-electron chi connectivity index (χ3n) is 3.18. The fourth-order valence-corrected chi connectivity index (χ4v) is 2.25. The number of piperidine rings is 1. The van der Waals surface area contributed by atoms with Crippen molar-refractivity contribution in [3.63, 3.8) is 0 Å². The molecule has 2 amide bonds. The molecule has 2 heterocycles. The van der Waals surface area contributed by atoms with Gasteiger partial charge in [-0.15, -0.1) is 17.0 Å². The minimum atomic E-state index is -0.350. The van der Waals surface area contributed by atoms with E-state index in [0.29, 0.717) is 6.42 Å². The van der Waals surface area contributed by atoms with Gasteiger partial charge in [0.05, 0.1) is 5.41 Å². The Kier molecular flexibility index (Phi) is 3.32. The summed E-state index contributed by atoms with van der Waals surface area (Å²) in [7, 11) is 1.58. The molecule has 1 spiro atoms. The Morgan fingerprint density at radius 2 is 1.86 bits per heavy atom. The summed E-state index contributed by atoms with van der Waals surface area (Å²) < 4.78 is 0. The van der Waals surface area contributed by atoms with E-state index in [-0.39, 0.29) is 34.2 Å². The quantitative estimate of drug-likeness (QED) is 0.640. The van der Waals surface area contributed by atoms with Crippen LogP contribution in [0.5, 0.6) is 0 Å². The Morgan fingerprint density at radius 3 is 2.29 bits per heavy atom. The first-order valence-corrected chi connectivity index (χ1v) is 4.67. The van der Waals surface area contributed by atoms with Gasteiger partial charge in [0.15, 0.2) is 0 Å². The largest absolute Gasteiger partial charge is 0.317 e. The number of amides is 2. The minimum absolute atomic E-state index is 0. The van der Waals surface area contributed by atoms with Crippen LogP contribution >= 0.6 is 17.0 Å². The Hall–Kier alpha value is -0.420. The van der Waals surface area contributed by atoms with Crippen molar-refractivity contribution in [3.05, 3.63) is 0 Å². The zero-order valence-electron chi connectivity index (χ0n) is 8.21. The number of nitrogens with one attached hydrogen (secondary N) is 1. The molecule has 0 aromatic heterocycles. The van der Waals surface area contributed by atoms with E-state index < -0.39 is 0 Å². The molecule has 0 aromatic carbocycles. The Bertz CT molecular complexity index is 262. The molecule has 0 saturated carbocycles. The fourth-order valence-electron chi connectivity index (χ4n) is 2.25. The molecule has 2 fully saturated rings. The molecular weight excluding hydrogens is 248 g/mol. The number of rotatable bonds is 0. The lowest BCUT2D eigenvalue weighted by atomic mass is 9.77. The van der Waals surface area contributed by atoms with E-state index >= 15 is 0 Å². The first kappa shape index (κ1) is 11.7. The molecule has 2 aliphatic rings. The lowest BCUT2D eigenvalue weighted by Gasteiger charge is -2.30. The van der Waals surface area contributed by atoms with E-state index in [1.165, 1.54) is 4.90 Å². The van der Waals surface area contributed by atoms with Gasteiger partial charge in [-0.25, -0.2) is 0 Å². The Balaban J connectivity index is 0.000000980. The van der Waals surface area contributed by atoms with Crippen LogP contribution in [0.4, 0.5) is 0 Å². The number of carbonyl (C=O) groups excluding carboxylic acids is 2. The van der Waals surface area contributed by atoms with E-state index in [0.717, 1.165) is 25.9 Å². The average Bonchev–Trinajstić information content (AvgIpc) is 2.33. The second kappa shape index (κ2) is 3.98. The van der Waals surface area contributed by atoms with Crippen LogP contribution in [0.2, 0.25) is 0 Å². The first-order chi connectivity index (χ1) is 6.16. The highest BCUT2D eigenvalue weighted by molar-refractivity contribution is 8.93. The molecule has 0 bridgehead atoms. The normalized spacial score (nSPS) is 25.4. The zero-order chi connectivity index (χ0) is 9.47. The van der Waals surface area contributed by atoms with Crippen molar-refractivity contribution >= 4 is 28.8 Å². The van der Waals surface area contributed by atoms with Crippen LogP contribution in [-0.4, -0.2) is 36.9 Å². The van der Waals surface area contributed by atoms with Crippen molar-refractivity contribution in [2.75, 3.05) is 20.1 Å². The molecule has 2 rings (SSSR count). The highest BCUT2D eigenvalue weighted by Crippen LogP contribution is 2.39. The summed E-state index contributed by atoms with van der Waals surface area (Å²) in [6.45, 7) is 1.71. The molecule has 0 aromatic rings. The molecule has 5 heteroatoms. The van der Waals surface area contributed by atoms with Crippen molar-refractivity contribution in [3.8, 4) is 0 Å². The number of imide groups is 1. The van der Waals surface area contributed by atoms with Gasteiger partial charge < -0.3 is 5.32 Å². The summed E-state index contributed by atoms with van der Waals surface area (Å²) in [5.74, 6) is 0.00546. The third-order valence-corrected chi connectivity index (χ3v) is 3.18. The topological polar surface area (TPSA) is 49.4 Å².